The maximum absolute atomic E-state index is 5.80. The fourth-order valence-corrected chi connectivity index (χ4v) is 2.49. The number of hydrogen-bond acceptors (Lipinski definition) is 6. The lowest BCUT2D eigenvalue weighted by Crippen LogP contribution is -2.40. The number of aryl methyl sites for hydroxylation is 1. The van der Waals surface area contributed by atoms with Gasteiger partial charge in [-0.2, -0.15) is 5.10 Å². The lowest BCUT2D eigenvalue weighted by molar-refractivity contribution is -0.00626. The van der Waals surface area contributed by atoms with Gasteiger partial charge in [0.1, 0.15) is 10.6 Å². The number of anilines is 1. The second kappa shape index (κ2) is 5.99. The van der Waals surface area contributed by atoms with Crippen molar-refractivity contribution < 1.29 is 9.47 Å². The van der Waals surface area contributed by atoms with Crippen LogP contribution in [-0.2, 0) is 9.47 Å². The molecule has 1 fully saturated rings. The summed E-state index contributed by atoms with van der Waals surface area (Å²) in [5, 5.41) is 11.5. The average molecular weight is 296 g/mol. The molecular weight excluding hydrogens is 276 g/mol. The molecule has 3 N–H and O–H groups in total. The molecule has 1 aliphatic rings. The molecule has 2 heterocycles. The van der Waals surface area contributed by atoms with Gasteiger partial charge in [-0.3, -0.25) is 0 Å². The van der Waals surface area contributed by atoms with Crippen LogP contribution in [0.3, 0.4) is 0 Å². The fraction of sp³-hybridized carbons (Fsp3) is 0.615. The van der Waals surface area contributed by atoms with Gasteiger partial charge in [0.05, 0.1) is 17.9 Å². The summed E-state index contributed by atoms with van der Waals surface area (Å²) in [7, 11) is 1.69. The van der Waals surface area contributed by atoms with E-state index in [0.29, 0.717) is 30.6 Å². The molecule has 110 valence electrons. The second-order valence-corrected chi connectivity index (χ2v) is 5.48. The number of rotatable bonds is 5. The van der Waals surface area contributed by atoms with Gasteiger partial charge in [0.15, 0.2) is 5.82 Å². The number of aromatic nitrogens is 2. The molecule has 0 saturated carbocycles. The van der Waals surface area contributed by atoms with Crippen LogP contribution in [0.25, 0.3) is 0 Å². The normalized spacial score (nSPS) is 21.9. The minimum Gasteiger partial charge on any atom is -0.389 e. The summed E-state index contributed by atoms with van der Waals surface area (Å²) in [4.78, 5) is 0.317. The third kappa shape index (κ3) is 2.89. The van der Waals surface area contributed by atoms with Crippen LogP contribution in [0.2, 0.25) is 0 Å². The molecule has 0 bridgehead atoms. The number of nitrogens with zero attached hydrogens (tertiary/aromatic N) is 2. The smallest absolute Gasteiger partial charge is 0.159 e. The van der Waals surface area contributed by atoms with E-state index in [1.807, 2.05) is 13.8 Å². The van der Waals surface area contributed by atoms with Crippen molar-refractivity contribution in [2.24, 2.45) is 5.73 Å². The van der Waals surface area contributed by atoms with E-state index in [1.165, 1.54) is 0 Å². The molecule has 0 radical (unpaired) electrons. The molecule has 0 aromatic carbocycles. The van der Waals surface area contributed by atoms with E-state index >= 15 is 0 Å². The number of nitrogens with one attached hydrogen (secondary N) is 1. The van der Waals surface area contributed by atoms with Gasteiger partial charge >= 0.3 is 0 Å². The predicted molar refractivity (Wildman–Crippen MR) is 81.1 cm³/mol. The first-order valence-corrected chi connectivity index (χ1v) is 6.90. The Kier molecular flexibility index (Phi) is 4.52. The van der Waals surface area contributed by atoms with Crippen LogP contribution < -0.4 is 11.1 Å². The van der Waals surface area contributed by atoms with Gasteiger partial charge in [-0.05, 0) is 19.4 Å². The highest BCUT2D eigenvalue weighted by atomic mass is 32.1. The highest BCUT2D eigenvalue weighted by molar-refractivity contribution is 7.80. The second-order valence-electron chi connectivity index (χ2n) is 5.04. The van der Waals surface area contributed by atoms with Crippen molar-refractivity contribution in [1.29, 1.82) is 0 Å². The molecule has 1 aromatic rings. The molecule has 7 heteroatoms. The van der Waals surface area contributed by atoms with Gasteiger partial charge in [-0.1, -0.05) is 12.2 Å². The first-order chi connectivity index (χ1) is 9.49. The summed E-state index contributed by atoms with van der Waals surface area (Å²) < 4.78 is 11.0. The Hall–Kier alpha value is -1.31. The highest BCUT2D eigenvalue weighted by Crippen LogP contribution is 2.24. The van der Waals surface area contributed by atoms with Crippen LogP contribution >= 0.6 is 12.2 Å². The summed E-state index contributed by atoms with van der Waals surface area (Å²) >= 11 is 5.12. The average Bonchev–Trinajstić information content (AvgIpc) is 2.89. The first kappa shape index (κ1) is 15.1. The largest absolute Gasteiger partial charge is 0.389 e. The zero-order chi connectivity index (χ0) is 14.8. The Morgan fingerprint density at radius 3 is 2.80 bits per heavy atom. The summed E-state index contributed by atoms with van der Waals surface area (Å²) in [5.74, 6) is 0.601. The summed E-state index contributed by atoms with van der Waals surface area (Å²) in [5.41, 5.74) is 8.00. The van der Waals surface area contributed by atoms with Crippen LogP contribution in [0.1, 0.15) is 23.2 Å². The molecule has 0 spiro atoms. The Balaban J connectivity index is 2.21. The van der Waals surface area contributed by atoms with E-state index in [-0.39, 0.29) is 5.60 Å². The molecule has 1 aliphatic heterocycles. The van der Waals surface area contributed by atoms with Gasteiger partial charge in [-0.25, -0.2) is 0 Å². The number of methoxy groups -OCH3 is 1. The summed E-state index contributed by atoms with van der Waals surface area (Å²) in [6.07, 6.45) is 0.844. The molecule has 1 atom stereocenters. The number of ether oxygens (including phenoxy) is 2. The molecule has 20 heavy (non-hydrogen) atoms. The number of nitrogens with two attached hydrogens (primary N) is 1. The van der Waals surface area contributed by atoms with E-state index in [0.717, 1.165) is 23.2 Å². The molecule has 6 nitrogen and oxygen atoms in total. The molecular formula is C13H20N4O2S. The van der Waals surface area contributed by atoms with Gasteiger partial charge < -0.3 is 20.5 Å². The Labute approximate surface area is 124 Å². The van der Waals surface area contributed by atoms with Crippen molar-refractivity contribution in [3.8, 4) is 0 Å². The third-order valence-corrected chi connectivity index (χ3v) is 3.98. The maximum Gasteiger partial charge on any atom is 0.159 e. The lowest BCUT2D eigenvalue weighted by atomic mass is 10.0. The quantitative estimate of drug-likeness (QED) is 0.783. The van der Waals surface area contributed by atoms with E-state index < -0.39 is 0 Å². The predicted octanol–water partition coefficient (Wildman–Crippen LogP) is 0.945. The van der Waals surface area contributed by atoms with Crippen molar-refractivity contribution >= 4 is 23.0 Å². The Morgan fingerprint density at radius 2 is 2.25 bits per heavy atom. The molecule has 0 aliphatic carbocycles. The molecule has 1 saturated heterocycles. The number of thiocarbonyl (C=S) groups is 1. The van der Waals surface area contributed by atoms with E-state index in [1.54, 1.807) is 7.11 Å². The van der Waals surface area contributed by atoms with Crippen LogP contribution in [0.15, 0.2) is 0 Å². The zero-order valence-electron chi connectivity index (χ0n) is 12.0. The minimum absolute atomic E-state index is 0.317. The first-order valence-electron chi connectivity index (χ1n) is 6.49. The standard InChI is InChI=1S/C13H20N4O2S/c1-8-9(2)16-17-12(10(8)11(14)20)15-6-13(18-3)4-5-19-7-13/h4-7H2,1-3H3,(H2,14,20)(H,15,17). The molecule has 1 unspecified atom stereocenters. The van der Waals surface area contributed by atoms with Gasteiger partial charge in [-0.15, -0.1) is 5.10 Å². The van der Waals surface area contributed by atoms with Crippen molar-refractivity contribution in [2.75, 3.05) is 32.2 Å². The van der Waals surface area contributed by atoms with Crippen LogP contribution in [0, 0.1) is 13.8 Å². The van der Waals surface area contributed by atoms with Crippen LogP contribution in [0.4, 0.5) is 5.82 Å². The minimum atomic E-state index is -0.325. The van der Waals surface area contributed by atoms with Gasteiger partial charge in [0, 0.05) is 26.7 Å². The topological polar surface area (TPSA) is 82.3 Å². The van der Waals surface area contributed by atoms with Gasteiger partial charge in [0.2, 0.25) is 0 Å². The van der Waals surface area contributed by atoms with Crippen LogP contribution in [-0.4, -0.2) is 47.7 Å². The monoisotopic (exact) mass is 296 g/mol. The highest BCUT2D eigenvalue weighted by Gasteiger charge is 2.35. The maximum atomic E-state index is 5.80. The lowest BCUT2D eigenvalue weighted by Gasteiger charge is -2.26. The number of hydrogen-bond donors (Lipinski definition) is 2. The molecule has 2 rings (SSSR count). The zero-order valence-corrected chi connectivity index (χ0v) is 12.8. The van der Waals surface area contributed by atoms with Crippen molar-refractivity contribution in [3.05, 3.63) is 16.8 Å². The van der Waals surface area contributed by atoms with E-state index in [9.17, 15) is 0 Å². The fourth-order valence-electron chi connectivity index (χ4n) is 2.24. The van der Waals surface area contributed by atoms with Crippen molar-refractivity contribution in [1.82, 2.24) is 10.2 Å². The van der Waals surface area contributed by atoms with Crippen molar-refractivity contribution in [2.45, 2.75) is 25.9 Å². The van der Waals surface area contributed by atoms with Gasteiger partial charge in [0.25, 0.3) is 0 Å². The molecule has 1 aromatic heterocycles. The SMILES string of the molecule is COC1(CNc2nnc(C)c(C)c2C(N)=S)CCOC1. The Bertz CT molecular complexity index is 515. The van der Waals surface area contributed by atoms with Crippen molar-refractivity contribution in [3.63, 3.8) is 0 Å². The molecule has 0 amide bonds. The summed E-state index contributed by atoms with van der Waals surface area (Å²) in [6.45, 7) is 5.67. The van der Waals surface area contributed by atoms with Crippen LogP contribution in [0.5, 0.6) is 0 Å². The third-order valence-electron chi connectivity index (χ3n) is 3.78. The van der Waals surface area contributed by atoms with E-state index in [2.05, 4.69) is 15.5 Å². The van der Waals surface area contributed by atoms with E-state index in [4.69, 9.17) is 27.4 Å². The summed E-state index contributed by atoms with van der Waals surface area (Å²) in [6, 6.07) is 0. The Morgan fingerprint density at radius 1 is 1.50 bits per heavy atom.